The van der Waals surface area contributed by atoms with Crippen LogP contribution >= 0.6 is 15.9 Å². The van der Waals surface area contributed by atoms with Gasteiger partial charge in [-0.25, -0.2) is 0 Å². The van der Waals surface area contributed by atoms with E-state index in [1.54, 1.807) is 0 Å². The standard InChI is InChI=1S/C25H24BrNO/c1-24(2)17-25(3,19-13-15-20(26)16-14-19)21-11-7-8-12-22(21)27(24)23(28)18-9-5-4-6-10-18/h4-16H,17H2,1-3H3/t25-/m1/s1. The van der Waals surface area contributed by atoms with Gasteiger partial charge in [-0.15, -0.1) is 0 Å². The van der Waals surface area contributed by atoms with Gasteiger partial charge in [0, 0.05) is 26.7 Å². The van der Waals surface area contributed by atoms with Crippen molar-refractivity contribution in [1.82, 2.24) is 0 Å². The molecule has 3 aromatic carbocycles. The molecule has 0 N–H and O–H groups in total. The van der Waals surface area contributed by atoms with Gasteiger partial charge in [-0.1, -0.05) is 71.4 Å². The van der Waals surface area contributed by atoms with Gasteiger partial charge in [0.15, 0.2) is 0 Å². The molecule has 4 rings (SSSR count). The number of carbonyl (C=O) groups excluding carboxylic acids is 1. The predicted octanol–water partition coefficient (Wildman–Crippen LogP) is 6.58. The van der Waals surface area contributed by atoms with E-state index in [0.29, 0.717) is 0 Å². The minimum Gasteiger partial charge on any atom is -0.302 e. The van der Waals surface area contributed by atoms with Crippen molar-refractivity contribution in [2.24, 2.45) is 0 Å². The van der Waals surface area contributed by atoms with E-state index >= 15 is 0 Å². The first kappa shape index (κ1) is 18.9. The van der Waals surface area contributed by atoms with Crippen LogP contribution in [-0.4, -0.2) is 11.4 Å². The maximum Gasteiger partial charge on any atom is 0.258 e. The van der Waals surface area contributed by atoms with E-state index in [1.165, 1.54) is 11.1 Å². The van der Waals surface area contributed by atoms with Crippen molar-refractivity contribution in [2.45, 2.75) is 38.1 Å². The first-order valence-corrected chi connectivity index (χ1v) is 10.4. The largest absolute Gasteiger partial charge is 0.302 e. The summed E-state index contributed by atoms with van der Waals surface area (Å²) in [4.78, 5) is 15.5. The number of benzene rings is 3. The van der Waals surface area contributed by atoms with Gasteiger partial charge in [0.25, 0.3) is 5.91 Å². The normalized spacial score (nSPS) is 20.5. The molecule has 1 aliphatic heterocycles. The summed E-state index contributed by atoms with van der Waals surface area (Å²) >= 11 is 3.54. The van der Waals surface area contributed by atoms with Crippen LogP contribution in [0.5, 0.6) is 0 Å². The van der Waals surface area contributed by atoms with E-state index in [1.807, 2.05) is 41.3 Å². The average Bonchev–Trinajstić information content (AvgIpc) is 2.68. The molecule has 3 aromatic rings. The highest BCUT2D eigenvalue weighted by Crippen LogP contribution is 2.50. The summed E-state index contributed by atoms with van der Waals surface area (Å²) < 4.78 is 1.07. The number of halogens is 1. The Bertz CT molecular complexity index is 1010. The Hall–Kier alpha value is -2.39. The molecule has 1 heterocycles. The monoisotopic (exact) mass is 433 g/mol. The third kappa shape index (κ3) is 3.08. The minimum absolute atomic E-state index is 0.0518. The lowest BCUT2D eigenvalue weighted by molar-refractivity contribution is 0.0948. The zero-order valence-corrected chi connectivity index (χ0v) is 18.0. The smallest absolute Gasteiger partial charge is 0.258 e. The second-order valence-corrected chi connectivity index (χ2v) is 9.27. The zero-order chi connectivity index (χ0) is 19.9. The van der Waals surface area contributed by atoms with Gasteiger partial charge in [0.1, 0.15) is 0 Å². The maximum atomic E-state index is 13.5. The molecule has 3 heteroatoms. The molecule has 142 valence electrons. The molecule has 0 unspecified atom stereocenters. The highest BCUT2D eigenvalue weighted by Gasteiger charge is 2.47. The number of carbonyl (C=O) groups is 1. The Balaban J connectivity index is 1.89. The Labute approximate surface area is 175 Å². The highest BCUT2D eigenvalue weighted by atomic mass is 79.9. The van der Waals surface area contributed by atoms with Crippen molar-refractivity contribution in [3.8, 4) is 0 Å². The van der Waals surface area contributed by atoms with Crippen molar-refractivity contribution in [3.05, 3.63) is 100 Å². The van der Waals surface area contributed by atoms with E-state index in [-0.39, 0.29) is 16.9 Å². The van der Waals surface area contributed by atoms with Crippen LogP contribution in [0.25, 0.3) is 0 Å². The fraction of sp³-hybridized carbons (Fsp3) is 0.240. The predicted molar refractivity (Wildman–Crippen MR) is 119 cm³/mol. The number of para-hydroxylation sites is 1. The summed E-state index contributed by atoms with van der Waals surface area (Å²) in [5.74, 6) is 0.0518. The summed E-state index contributed by atoms with van der Waals surface area (Å²) in [7, 11) is 0. The van der Waals surface area contributed by atoms with Gasteiger partial charge in [-0.2, -0.15) is 0 Å². The minimum atomic E-state index is -0.330. The van der Waals surface area contributed by atoms with Crippen molar-refractivity contribution in [1.29, 1.82) is 0 Å². The van der Waals surface area contributed by atoms with Gasteiger partial charge in [0.05, 0.1) is 0 Å². The highest BCUT2D eigenvalue weighted by molar-refractivity contribution is 9.10. The van der Waals surface area contributed by atoms with E-state index in [2.05, 4.69) is 79.2 Å². The average molecular weight is 434 g/mol. The number of fused-ring (bicyclic) bond motifs is 1. The van der Waals surface area contributed by atoms with E-state index < -0.39 is 0 Å². The van der Waals surface area contributed by atoms with Gasteiger partial charge in [-0.05, 0) is 61.7 Å². The second-order valence-electron chi connectivity index (χ2n) is 8.35. The van der Waals surface area contributed by atoms with Crippen LogP contribution in [0.15, 0.2) is 83.3 Å². The summed E-state index contributed by atoms with van der Waals surface area (Å²) in [6.07, 6.45) is 0.844. The SMILES string of the molecule is CC1(C)C[C@](C)(c2ccc(Br)cc2)c2ccccc2N1C(=O)c1ccccc1. The van der Waals surface area contributed by atoms with Gasteiger partial charge >= 0.3 is 0 Å². The number of anilines is 1. The van der Waals surface area contributed by atoms with Crippen LogP contribution in [0, 0.1) is 0 Å². The second kappa shape index (κ2) is 6.89. The molecule has 0 saturated heterocycles. The summed E-state index contributed by atoms with van der Waals surface area (Å²) in [5, 5.41) is 0. The number of amides is 1. The molecule has 0 spiro atoms. The van der Waals surface area contributed by atoms with E-state index in [4.69, 9.17) is 0 Å². The van der Waals surface area contributed by atoms with Crippen molar-refractivity contribution >= 4 is 27.5 Å². The van der Waals surface area contributed by atoms with E-state index in [9.17, 15) is 4.79 Å². The quantitative estimate of drug-likeness (QED) is 0.446. The molecule has 0 aromatic heterocycles. The van der Waals surface area contributed by atoms with Crippen molar-refractivity contribution in [3.63, 3.8) is 0 Å². The zero-order valence-electron chi connectivity index (χ0n) is 16.4. The molecular formula is C25H24BrNO. The third-order valence-corrected chi connectivity index (χ3v) is 6.36. The Kier molecular flexibility index (Phi) is 4.67. The lowest BCUT2D eigenvalue weighted by atomic mass is 9.65. The summed E-state index contributed by atoms with van der Waals surface area (Å²) in [6.45, 7) is 6.63. The van der Waals surface area contributed by atoms with Crippen LogP contribution in [-0.2, 0) is 5.41 Å². The van der Waals surface area contributed by atoms with Crippen LogP contribution in [0.3, 0.4) is 0 Å². The molecule has 0 aliphatic carbocycles. The lowest BCUT2D eigenvalue weighted by Gasteiger charge is -2.51. The Morgan fingerprint density at radius 1 is 0.857 bits per heavy atom. The molecule has 1 amide bonds. The van der Waals surface area contributed by atoms with Crippen molar-refractivity contribution in [2.75, 3.05) is 4.90 Å². The molecule has 0 bridgehead atoms. The molecule has 1 aliphatic rings. The fourth-order valence-electron chi connectivity index (χ4n) is 4.67. The molecule has 2 nitrogen and oxygen atoms in total. The Morgan fingerprint density at radius 2 is 1.46 bits per heavy atom. The first-order chi connectivity index (χ1) is 13.3. The molecule has 0 saturated carbocycles. The first-order valence-electron chi connectivity index (χ1n) is 9.58. The number of hydrogen-bond donors (Lipinski definition) is 0. The molecule has 0 fully saturated rings. The maximum absolute atomic E-state index is 13.5. The summed E-state index contributed by atoms with van der Waals surface area (Å²) in [6, 6.07) is 26.5. The third-order valence-electron chi connectivity index (χ3n) is 5.84. The number of nitrogens with zero attached hydrogens (tertiary/aromatic N) is 1. The lowest BCUT2D eigenvalue weighted by Crippen LogP contribution is -2.55. The fourth-order valence-corrected chi connectivity index (χ4v) is 4.93. The van der Waals surface area contributed by atoms with Crippen LogP contribution in [0.1, 0.15) is 48.7 Å². The van der Waals surface area contributed by atoms with E-state index in [0.717, 1.165) is 22.1 Å². The molecule has 0 radical (unpaired) electrons. The summed E-state index contributed by atoms with van der Waals surface area (Å²) in [5.41, 5.74) is 3.68. The van der Waals surface area contributed by atoms with Crippen LogP contribution < -0.4 is 4.90 Å². The van der Waals surface area contributed by atoms with Gasteiger partial charge in [0.2, 0.25) is 0 Å². The topological polar surface area (TPSA) is 20.3 Å². The van der Waals surface area contributed by atoms with Crippen molar-refractivity contribution < 1.29 is 4.79 Å². The molecule has 1 atom stereocenters. The van der Waals surface area contributed by atoms with Crippen LogP contribution in [0.4, 0.5) is 5.69 Å². The Morgan fingerprint density at radius 3 is 2.14 bits per heavy atom. The molecule has 28 heavy (non-hydrogen) atoms. The van der Waals surface area contributed by atoms with Gasteiger partial charge < -0.3 is 4.90 Å². The number of rotatable bonds is 2. The van der Waals surface area contributed by atoms with Gasteiger partial charge in [-0.3, -0.25) is 4.79 Å². The number of hydrogen-bond acceptors (Lipinski definition) is 1. The molecular weight excluding hydrogens is 410 g/mol. The van der Waals surface area contributed by atoms with Crippen LogP contribution in [0.2, 0.25) is 0 Å².